The van der Waals surface area contributed by atoms with E-state index in [1.165, 1.54) is 35.0 Å². The lowest BCUT2D eigenvalue weighted by atomic mass is 10.1. The third-order valence-corrected chi connectivity index (χ3v) is 4.78. The molecule has 3 aromatic rings. The minimum atomic E-state index is -1.41. The van der Waals surface area contributed by atoms with Crippen molar-refractivity contribution in [3.8, 4) is 0 Å². The first-order valence-electron chi connectivity index (χ1n) is 9.96. The van der Waals surface area contributed by atoms with Crippen LogP contribution in [0.2, 0.25) is 0 Å². The first-order chi connectivity index (χ1) is 15.7. The number of carbonyl (C=O) groups is 3. The maximum absolute atomic E-state index is 13.4. The number of carboxylic acid groups (broad SMARTS) is 1. The molecule has 0 aliphatic heterocycles. The number of fused-ring (bicyclic) bond motifs is 1. The zero-order valence-corrected chi connectivity index (χ0v) is 17.4. The second kappa shape index (κ2) is 10.3. The van der Waals surface area contributed by atoms with E-state index in [2.05, 4.69) is 15.6 Å². The van der Waals surface area contributed by atoms with E-state index in [0.717, 1.165) is 11.6 Å². The molecule has 0 fully saturated rings. The number of rotatable bonds is 9. The summed E-state index contributed by atoms with van der Waals surface area (Å²) in [5, 5.41) is 14.2. The van der Waals surface area contributed by atoms with Crippen LogP contribution in [0.1, 0.15) is 18.5 Å². The third kappa shape index (κ3) is 6.29. The smallest absolute Gasteiger partial charge is 0.405 e. The summed E-state index contributed by atoms with van der Waals surface area (Å²) in [5.74, 6) is -1.75. The molecule has 2 aromatic heterocycles. The number of H-pyrrole nitrogens is 1. The molecular formula is C22H22FN5O5. The minimum Gasteiger partial charge on any atom is -0.465 e. The van der Waals surface area contributed by atoms with E-state index in [-0.39, 0.29) is 30.9 Å². The van der Waals surface area contributed by atoms with E-state index < -0.39 is 29.5 Å². The summed E-state index contributed by atoms with van der Waals surface area (Å²) >= 11 is 0. The molecule has 172 valence electrons. The van der Waals surface area contributed by atoms with Gasteiger partial charge in [-0.2, -0.15) is 0 Å². The molecule has 10 nitrogen and oxygen atoms in total. The van der Waals surface area contributed by atoms with Gasteiger partial charge in [0.2, 0.25) is 11.8 Å². The molecule has 3 rings (SSSR count). The summed E-state index contributed by atoms with van der Waals surface area (Å²) in [4.78, 5) is 50.3. The summed E-state index contributed by atoms with van der Waals surface area (Å²) in [6.45, 7) is 0.146. The molecule has 3 amide bonds. The third-order valence-electron chi connectivity index (χ3n) is 4.78. The molecule has 1 atom stereocenters. The van der Waals surface area contributed by atoms with Crippen LogP contribution in [-0.4, -0.2) is 38.6 Å². The predicted molar refractivity (Wildman–Crippen MR) is 119 cm³/mol. The van der Waals surface area contributed by atoms with Gasteiger partial charge in [-0.05, 0) is 55.3 Å². The topological polar surface area (TPSA) is 159 Å². The number of benzene rings is 1. The Morgan fingerprint density at radius 1 is 1.24 bits per heavy atom. The molecule has 6 N–H and O–H groups in total. The Balaban J connectivity index is 1.74. The van der Waals surface area contributed by atoms with Gasteiger partial charge in [0.15, 0.2) is 0 Å². The fourth-order valence-electron chi connectivity index (χ4n) is 3.29. The van der Waals surface area contributed by atoms with Crippen molar-refractivity contribution in [2.24, 2.45) is 5.73 Å². The van der Waals surface area contributed by atoms with Crippen molar-refractivity contribution in [3.05, 3.63) is 76.6 Å². The first-order valence-corrected chi connectivity index (χ1v) is 9.96. The highest BCUT2D eigenvalue weighted by atomic mass is 19.1. The number of aromatic nitrogens is 2. The highest BCUT2D eigenvalue weighted by molar-refractivity contribution is 5.96. The van der Waals surface area contributed by atoms with Crippen molar-refractivity contribution in [2.75, 3.05) is 5.32 Å². The Morgan fingerprint density at radius 3 is 2.76 bits per heavy atom. The van der Waals surface area contributed by atoms with Gasteiger partial charge in [-0.3, -0.25) is 14.4 Å². The van der Waals surface area contributed by atoms with E-state index in [4.69, 9.17) is 10.8 Å². The van der Waals surface area contributed by atoms with Crippen LogP contribution < -0.4 is 21.9 Å². The SMILES string of the molecule is NC(=O)/C=C/CCC(NC(=O)O)C(=O)Nc1cccn(Cc2cc3cc(F)ccc3[nH]2)c1=O. The van der Waals surface area contributed by atoms with Gasteiger partial charge in [-0.1, -0.05) is 6.08 Å². The number of halogens is 1. The van der Waals surface area contributed by atoms with Crippen molar-refractivity contribution in [2.45, 2.75) is 25.4 Å². The van der Waals surface area contributed by atoms with Crippen LogP contribution in [0.5, 0.6) is 0 Å². The highest BCUT2D eigenvalue weighted by Gasteiger charge is 2.21. The van der Waals surface area contributed by atoms with Crippen LogP contribution in [0.25, 0.3) is 10.9 Å². The first kappa shape index (κ1) is 23.3. The summed E-state index contributed by atoms with van der Waals surface area (Å²) in [6.07, 6.45) is 2.93. The zero-order valence-electron chi connectivity index (χ0n) is 17.4. The number of primary amides is 1. The molecule has 0 aliphatic rings. The summed E-state index contributed by atoms with van der Waals surface area (Å²) in [5.41, 5.74) is 5.84. The molecular weight excluding hydrogens is 433 g/mol. The number of nitrogens with two attached hydrogens (primary N) is 1. The maximum atomic E-state index is 13.4. The molecule has 1 aromatic carbocycles. The number of anilines is 1. The van der Waals surface area contributed by atoms with Gasteiger partial charge in [-0.15, -0.1) is 0 Å². The van der Waals surface area contributed by atoms with Crippen molar-refractivity contribution < 1.29 is 23.9 Å². The van der Waals surface area contributed by atoms with Gasteiger partial charge >= 0.3 is 6.09 Å². The molecule has 0 radical (unpaired) electrons. The average Bonchev–Trinajstić information content (AvgIpc) is 3.14. The summed E-state index contributed by atoms with van der Waals surface area (Å²) < 4.78 is 14.8. The maximum Gasteiger partial charge on any atom is 0.405 e. The summed E-state index contributed by atoms with van der Waals surface area (Å²) in [6, 6.07) is 7.84. The van der Waals surface area contributed by atoms with Crippen LogP contribution in [0.4, 0.5) is 14.9 Å². The average molecular weight is 455 g/mol. The molecule has 0 saturated heterocycles. The van der Waals surface area contributed by atoms with Crippen molar-refractivity contribution in [3.63, 3.8) is 0 Å². The van der Waals surface area contributed by atoms with E-state index in [1.807, 2.05) is 0 Å². The van der Waals surface area contributed by atoms with Gasteiger partial charge in [0, 0.05) is 22.8 Å². The lowest BCUT2D eigenvalue weighted by Gasteiger charge is -2.16. The fraction of sp³-hybridized carbons (Fsp3) is 0.182. The van der Waals surface area contributed by atoms with E-state index in [1.54, 1.807) is 18.2 Å². The van der Waals surface area contributed by atoms with Gasteiger partial charge < -0.3 is 31.0 Å². The van der Waals surface area contributed by atoms with E-state index >= 15 is 0 Å². The molecule has 1 unspecified atom stereocenters. The van der Waals surface area contributed by atoms with Crippen LogP contribution in [0.15, 0.2) is 59.5 Å². The lowest BCUT2D eigenvalue weighted by molar-refractivity contribution is -0.118. The Labute approximate surface area is 186 Å². The Hall–Kier alpha value is -4.41. The zero-order chi connectivity index (χ0) is 24.0. The Bertz CT molecular complexity index is 1280. The molecule has 2 heterocycles. The van der Waals surface area contributed by atoms with Crippen molar-refractivity contribution in [1.82, 2.24) is 14.9 Å². The van der Waals surface area contributed by atoms with Gasteiger partial charge in [0.25, 0.3) is 5.56 Å². The molecule has 33 heavy (non-hydrogen) atoms. The second-order valence-electron chi connectivity index (χ2n) is 7.25. The standard InChI is InChI=1S/C22H22FN5O5/c23-14-7-8-16-13(10-14)11-15(25-16)12-28-9-3-5-18(21(28)31)26-20(30)17(27-22(32)33)4-1-2-6-19(24)29/h2-3,5-11,17,25,27H,1,4,12H2,(H2,24,29)(H,26,30)(H,32,33)/b6-2+. The largest absolute Gasteiger partial charge is 0.465 e. The summed E-state index contributed by atoms with van der Waals surface area (Å²) in [7, 11) is 0. The quantitative estimate of drug-likeness (QED) is 0.311. The van der Waals surface area contributed by atoms with Crippen LogP contribution in [0, 0.1) is 5.82 Å². The predicted octanol–water partition coefficient (Wildman–Crippen LogP) is 1.91. The van der Waals surface area contributed by atoms with Crippen LogP contribution in [-0.2, 0) is 16.1 Å². The second-order valence-corrected chi connectivity index (χ2v) is 7.25. The van der Waals surface area contributed by atoms with E-state index in [0.29, 0.717) is 11.1 Å². The lowest BCUT2D eigenvalue weighted by Crippen LogP contribution is -2.44. The number of pyridine rings is 1. The molecule has 11 heteroatoms. The number of nitrogens with zero attached hydrogens (tertiary/aromatic N) is 1. The number of amides is 3. The molecule has 0 aliphatic carbocycles. The monoisotopic (exact) mass is 455 g/mol. The van der Waals surface area contributed by atoms with Crippen LogP contribution >= 0.6 is 0 Å². The number of hydrogen-bond donors (Lipinski definition) is 5. The van der Waals surface area contributed by atoms with Gasteiger partial charge in [0.1, 0.15) is 17.5 Å². The van der Waals surface area contributed by atoms with Crippen molar-refractivity contribution in [1.29, 1.82) is 0 Å². The van der Waals surface area contributed by atoms with Gasteiger partial charge in [-0.25, -0.2) is 9.18 Å². The Morgan fingerprint density at radius 2 is 2.03 bits per heavy atom. The molecule has 0 saturated carbocycles. The number of allylic oxidation sites excluding steroid dienone is 1. The molecule has 0 spiro atoms. The normalized spacial score (nSPS) is 12.0. The number of hydrogen-bond acceptors (Lipinski definition) is 4. The minimum absolute atomic E-state index is 0.0328. The highest BCUT2D eigenvalue weighted by Crippen LogP contribution is 2.17. The van der Waals surface area contributed by atoms with Gasteiger partial charge in [0.05, 0.1) is 6.54 Å². The number of nitrogens with one attached hydrogen (secondary N) is 3. The Kier molecular flexibility index (Phi) is 7.24. The number of carbonyl (C=O) groups excluding carboxylic acids is 2. The fourth-order valence-corrected chi connectivity index (χ4v) is 3.29. The van der Waals surface area contributed by atoms with Crippen molar-refractivity contribution >= 4 is 34.5 Å². The number of aromatic amines is 1. The van der Waals surface area contributed by atoms with E-state index in [9.17, 15) is 23.6 Å². The molecule has 0 bridgehead atoms. The van der Waals surface area contributed by atoms with Crippen LogP contribution in [0.3, 0.4) is 0 Å².